The second-order valence-electron chi connectivity index (χ2n) is 5.53. The van der Waals surface area contributed by atoms with Crippen molar-refractivity contribution in [3.05, 3.63) is 28.8 Å². The molecule has 0 fully saturated rings. The van der Waals surface area contributed by atoms with Crippen LogP contribution < -0.4 is 5.32 Å². The van der Waals surface area contributed by atoms with E-state index in [4.69, 9.17) is 11.6 Å². The van der Waals surface area contributed by atoms with Crippen molar-refractivity contribution in [2.75, 3.05) is 6.54 Å². The van der Waals surface area contributed by atoms with Crippen LogP contribution in [0.15, 0.2) is 18.2 Å². The molecule has 0 atom stereocenters. The molecule has 1 aromatic rings. The fourth-order valence-electron chi connectivity index (χ4n) is 2.20. The maximum Gasteiger partial charge on any atom is 0.251 e. The monoisotopic (exact) mass is 283 g/mol. The summed E-state index contributed by atoms with van der Waals surface area (Å²) in [5.74, 6) is 1.30. The predicted octanol–water partition coefficient (Wildman–Crippen LogP) is 3.70. The first-order valence-corrected chi connectivity index (χ1v) is 6.97. The van der Waals surface area contributed by atoms with Gasteiger partial charge in [-0.2, -0.15) is 0 Å². The largest absolute Gasteiger partial charge is 0.506 e. The molecule has 0 radical (unpaired) electrons. The summed E-state index contributed by atoms with van der Waals surface area (Å²) >= 11 is 5.79. The van der Waals surface area contributed by atoms with E-state index >= 15 is 0 Å². The van der Waals surface area contributed by atoms with Crippen molar-refractivity contribution in [2.45, 2.75) is 27.7 Å². The highest BCUT2D eigenvalue weighted by molar-refractivity contribution is 6.32. The zero-order valence-electron chi connectivity index (χ0n) is 11.9. The van der Waals surface area contributed by atoms with Crippen LogP contribution in [0.3, 0.4) is 0 Å². The number of nitrogens with one attached hydrogen (secondary N) is 1. The molecule has 0 saturated carbocycles. The number of benzene rings is 1. The molecule has 106 valence electrons. The lowest BCUT2D eigenvalue weighted by Crippen LogP contribution is -2.33. The summed E-state index contributed by atoms with van der Waals surface area (Å²) in [6.07, 6.45) is 0. The quantitative estimate of drug-likeness (QED) is 0.865. The summed E-state index contributed by atoms with van der Waals surface area (Å²) in [5, 5.41) is 12.4. The molecule has 2 N–H and O–H groups in total. The second-order valence-corrected chi connectivity index (χ2v) is 5.94. The minimum Gasteiger partial charge on any atom is -0.506 e. The lowest BCUT2D eigenvalue weighted by Gasteiger charge is -2.25. The van der Waals surface area contributed by atoms with E-state index in [1.54, 1.807) is 6.07 Å². The summed E-state index contributed by atoms with van der Waals surface area (Å²) < 4.78 is 0. The van der Waals surface area contributed by atoms with Gasteiger partial charge in [-0.25, -0.2) is 0 Å². The minimum absolute atomic E-state index is 0.0135. The predicted molar refractivity (Wildman–Crippen MR) is 78.6 cm³/mol. The minimum atomic E-state index is -0.159. The Balaban J connectivity index is 2.66. The number of carbonyl (C=O) groups is 1. The topological polar surface area (TPSA) is 49.3 Å². The van der Waals surface area contributed by atoms with Gasteiger partial charge in [0, 0.05) is 12.1 Å². The van der Waals surface area contributed by atoms with Gasteiger partial charge in [-0.1, -0.05) is 39.3 Å². The molecule has 1 amide bonds. The first-order chi connectivity index (χ1) is 8.82. The highest BCUT2D eigenvalue weighted by Crippen LogP contribution is 2.24. The van der Waals surface area contributed by atoms with Gasteiger partial charge in [0.15, 0.2) is 0 Å². The van der Waals surface area contributed by atoms with Gasteiger partial charge in [-0.05, 0) is 36.0 Å². The lowest BCUT2D eigenvalue weighted by atomic mass is 9.85. The van der Waals surface area contributed by atoms with Gasteiger partial charge in [0.05, 0.1) is 5.02 Å². The second kappa shape index (κ2) is 6.80. The first-order valence-electron chi connectivity index (χ1n) is 6.59. The van der Waals surface area contributed by atoms with Crippen molar-refractivity contribution in [3.8, 4) is 5.75 Å². The summed E-state index contributed by atoms with van der Waals surface area (Å²) in [6.45, 7) is 9.29. The van der Waals surface area contributed by atoms with Crippen LogP contribution in [0.25, 0.3) is 0 Å². The summed E-state index contributed by atoms with van der Waals surface area (Å²) in [7, 11) is 0. The Morgan fingerprint density at radius 1 is 1.26 bits per heavy atom. The number of amides is 1. The molecule has 0 aromatic heterocycles. The van der Waals surface area contributed by atoms with Crippen molar-refractivity contribution >= 4 is 17.5 Å². The fraction of sp³-hybridized carbons (Fsp3) is 0.533. The van der Waals surface area contributed by atoms with Crippen LogP contribution in [-0.2, 0) is 0 Å². The average molecular weight is 284 g/mol. The molecule has 0 saturated heterocycles. The number of hydrogen-bond acceptors (Lipinski definition) is 2. The Morgan fingerprint density at radius 3 is 2.32 bits per heavy atom. The van der Waals surface area contributed by atoms with E-state index in [0.29, 0.717) is 29.9 Å². The van der Waals surface area contributed by atoms with Crippen LogP contribution in [0.2, 0.25) is 5.02 Å². The Kier molecular flexibility index (Phi) is 5.67. The summed E-state index contributed by atoms with van der Waals surface area (Å²) in [5.41, 5.74) is 0.467. The van der Waals surface area contributed by atoms with Crippen LogP contribution in [0, 0.1) is 17.8 Å². The van der Waals surface area contributed by atoms with E-state index < -0.39 is 0 Å². The van der Waals surface area contributed by atoms with Crippen molar-refractivity contribution in [1.82, 2.24) is 5.32 Å². The third-order valence-corrected chi connectivity index (χ3v) is 3.72. The Labute approximate surface area is 120 Å². The Bertz CT molecular complexity index is 436. The molecule has 3 nitrogen and oxygen atoms in total. The Morgan fingerprint density at radius 2 is 1.84 bits per heavy atom. The van der Waals surface area contributed by atoms with Crippen LogP contribution in [-0.4, -0.2) is 17.6 Å². The fourth-order valence-corrected chi connectivity index (χ4v) is 2.38. The van der Waals surface area contributed by atoms with E-state index in [1.165, 1.54) is 12.1 Å². The summed E-state index contributed by atoms with van der Waals surface area (Å²) in [4.78, 5) is 12.0. The van der Waals surface area contributed by atoms with Gasteiger partial charge in [0.2, 0.25) is 0 Å². The van der Waals surface area contributed by atoms with Crippen molar-refractivity contribution in [2.24, 2.45) is 17.8 Å². The molecule has 1 rings (SSSR count). The molecule has 0 aliphatic heterocycles. The molecule has 1 aromatic carbocycles. The molecule has 0 aliphatic rings. The zero-order chi connectivity index (χ0) is 14.6. The van der Waals surface area contributed by atoms with Gasteiger partial charge >= 0.3 is 0 Å². The first kappa shape index (κ1) is 15.8. The number of carbonyl (C=O) groups excluding carboxylic acids is 1. The van der Waals surface area contributed by atoms with E-state index in [9.17, 15) is 9.90 Å². The molecule has 0 heterocycles. The van der Waals surface area contributed by atoms with E-state index in [2.05, 4.69) is 33.0 Å². The molecular formula is C15H22ClNO2. The van der Waals surface area contributed by atoms with Gasteiger partial charge in [0.25, 0.3) is 5.91 Å². The molecule has 0 unspecified atom stereocenters. The maximum atomic E-state index is 12.0. The highest BCUT2D eigenvalue weighted by atomic mass is 35.5. The van der Waals surface area contributed by atoms with E-state index in [0.717, 1.165) is 0 Å². The Hall–Kier alpha value is -1.22. The SMILES string of the molecule is CC(C)C(CNC(=O)c1ccc(O)c(Cl)c1)C(C)C. The van der Waals surface area contributed by atoms with Gasteiger partial charge in [-0.15, -0.1) is 0 Å². The number of aromatic hydroxyl groups is 1. The number of phenols is 1. The molecule has 0 bridgehead atoms. The van der Waals surface area contributed by atoms with Crippen molar-refractivity contribution < 1.29 is 9.90 Å². The van der Waals surface area contributed by atoms with Crippen LogP contribution in [0.4, 0.5) is 0 Å². The third-order valence-electron chi connectivity index (χ3n) is 3.42. The van der Waals surface area contributed by atoms with E-state index in [1.807, 2.05) is 0 Å². The normalized spacial score (nSPS) is 11.4. The van der Waals surface area contributed by atoms with Crippen LogP contribution in [0.5, 0.6) is 5.75 Å². The molecule has 0 spiro atoms. The average Bonchev–Trinajstić information content (AvgIpc) is 2.31. The lowest BCUT2D eigenvalue weighted by molar-refractivity contribution is 0.0937. The number of phenolic OH excluding ortho intramolecular Hbond substituents is 1. The molecule has 19 heavy (non-hydrogen) atoms. The number of halogens is 1. The zero-order valence-corrected chi connectivity index (χ0v) is 12.7. The van der Waals surface area contributed by atoms with Gasteiger partial charge in [0.1, 0.15) is 5.75 Å². The van der Waals surface area contributed by atoms with Crippen molar-refractivity contribution in [3.63, 3.8) is 0 Å². The summed E-state index contributed by atoms with van der Waals surface area (Å²) in [6, 6.07) is 4.47. The van der Waals surface area contributed by atoms with E-state index in [-0.39, 0.29) is 16.7 Å². The smallest absolute Gasteiger partial charge is 0.251 e. The van der Waals surface area contributed by atoms with Crippen molar-refractivity contribution in [1.29, 1.82) is 0 Å². The standard InChI is InChI=1S/C15H22ClNO2/c1-9(2)12(10(3)4)8-17-15(19)11-5-6-14(18)13(16)7-11/h5-7,9-10,12,18H,8H2,1-4H3,(H,17,19). The maximum absolute atomic E-state index is 12.0. The molecule has 4 heteroatoms. The number of rotatable bonds is 5. The van der Waals surface area contributed by atoms with Crippen LogP contribution >= 0.6 is 11.6 Å². The third kappa shape index (κ3) is 4.43. The van der Waals surface area contributed by atoms with Crippen LogP contribution in [0.1, 0.15) is 38.1 Å². The number of hydrogen-bond donors (Lipinski definition) is 2. The molecule has 0 aliphatic carbocycles. The van der Waals surface area contributed by atoms with Gasteiger partial charge < -0.3 is 10.4 Å². The highest BCUT2D eigenvalue weighted by Gasteiger charge is 2.18. The van der Waals surface area contributed by atoms with Gasteiger partial charge in [-0.3, -0.25) is 4.79 Å². The molecular weight excluding hydrogens is 262 g/mol.